The van der Waals surface area contributed by atoms with Crippen molar-refractivity contribution in [1.82, 2.24) is 0 Å². The van der Waals surface area contributed by atoms with E-state index in [1.54, 1.807) is 12.3 Å². The molecule has 0 aliphatic heterocycles. The predicted octanol–water partition coefficient (Wildman–Crippen LogP) is 5.80. The molecular weight excluding hydrogens is 298 g/mol. The molecule has 24 heavy (non-hydrogen) atoms. The molecule has 3 heteroatoms. The molecule has 2 rings (SSSR count). The number of aromatic hydroxyl groups is 1. The molecule has 128 valence electrons. The fraction of sp³-hybridized carbons (Fsp3) is 0.381. The molecule has 0 aliphatic carbocycles. The van der Waals surface area contributed by atoms with Crippen molar-refractivity contribution in [3.05, 3.63) is 53.6 Å². The average Bonchev–Trinajstić information content (AvgIpc) is 2.59. The normalized spacial score (nSPS) is 11.1. The molecule has 0 heterocycles. The summed E-state index contributed by atoms with van der Waals surface area (Å²) >= 11 is 0. The minimum Gasteiger partial charge on any atom is -0.507 e. The molecule has 0 aromatic heterocycles. The molecule has 0 amide bonds. The Labute approximate surface area is 145 Å². The number of rotatable bonds is 9. The molecule has 3 nitrogen and oxygen atoms in total. The third-order valence-corrected chi connectivity index (χ3v) is 3.91. The van der Waals surface area contributed by atoms with Crippen molar-refractivity contribution in [3.8, 4) is 11.5 Å². The van der Waals surface area contributed by atoms with Crippen molar-refractivity contribution in [3.63, 3.8) is 0 Å². The van der Waals surface area contributed by atoms with Gasteiger partial charge in [-0.3, -0.25) is 4.99 Å². The molecule has 1 N–H and O–H groups in total. The maximum Gasteiger partial charge on any atom is 0.128 e. The van der Waals surface area contributed by atoms with Crippen LogP contribution in [0.2, 0.25) is 0 Å². The van der Waals surface area contributed by atoms with E-state index < -0.39 is 0 Å². The first-order chi connectivity index (χ1) is 11.7. The number of hydrogen-bond donors (Lipinski definition) is 1. The van der Waals surface area contributed by atoms with Crippen molar-refractivity contribution < 1.29 is 9.84 Å². The van der Waals surface area contributed by atoms with Gasteiger partial charge in [-0.05, 0) is 37.6 Å². The summed E-state index contributed by atoms with van der Waals surface area (Å²) in [6.45, 7) is 4.95. The number of unbranched alkanes of at least 4 members (excludes halogenated alkanes) is 4. The van der Waals surface area contributed by atoms with Gasteiger partial charge in [-0.1, -0.05) is 50.3 Å². The summed E-state index contributed by atoms with van der Waals surface area (Å²) < 4.78 is 5.69. The fourth-order valence-corrected chi connectivity index (χ4v) is 2.39. The summed E-state index contributed by atoms with van der Waals surface area (Å²) in [5.41, 5.74) is 2.76. The lowest BCUT2D eigenvalue weighted by Gasteiger charge is -2.07. The third-order valence-electron chi connectivity index (χ3n) is 3.91. The first kappa shape index (κ1) is 18.1. The molecule has 2 aromatic carbocycles. The molecule has 0 saturated heterocycles. The van der Waals surface area contributed by atoms with Crippen LogP contribution in [0.4, 0.5) is 5.69 Å². The Balaban J connectivity index is 1.86. The minimum absolute atomic E-state index is 0.189. The van der Waals surface area contributed by atoms with E-state index in [1.165, 1.54) is 31.2 Å². The van der Waals surface area contributed by atoms with E-state index in [0.29, 0.717) is 17.9 Å². The molecule has 0 saturated carbocycles. The second-order valence-electron chi connectivity index (χ2n) is 6.08. The quantitative estimate of drug-likeness (QED) is 0.467. The molecule has 0 unspecified atom stereocenters. The van der Waals surface area contributed by atoms with Crippen molar-refractivity contribution in [2.75, 3.05) is 6.61 Å². The summed E-state index contributed by atoms with van der Waals surface area (Å²) in [5, 5.41) is 10.1. The molecular formula is C21H27NO2. The van der Waals surface area contributed by atoms with E-state index in [2.05, 4.69) is 11.9 Å². The van der Waals surface area contributed by atoms with Crippen LogP contribution in [0.3, 0.4) is 0 Å². The number of aryl methyl sites for hydroxylation is 1. The Morgan fingerprint density at radius 3 is 2.46 bits per heavy atom. The summed E-state index contributed by atoms with van der Waals surface area (Å²) in [6, 6.07) is 13.3. The summed E-state index contributed by atoms with van der Waals surface area (Å²) in [6.07, 6.45) is 7.72. The Kier molecular flexibility index (Phi) is 7.34. The zero-order chi connectivity index (χ0) is 17.2. The van der Waals surface area contributed by atoms with E-state index >= 15 is 0 Å². The van der Waals surface area contributed by atoms with Gasteiger partial charge in [0.2, 0.25) is 0 Å². The molecule has 0 spiro atoms. The Morgan fingerprint density at radius 2 is 1.75 bits per heavy atom. The van der Waals surface area contributed by atoms with Gasteiger partial charge in [-0.25, -0.2) is 0 Å². The van der Waals surface area contributed by atoms with Crippen LogP contribution in [-0.2, 0) is 0 Å². The van der Waals surface area contributed by atoms with Crippen molar-refractivity contribution >= 4 is 11.9 Å². The van der Waals surface area contributed by atoms with Crippen LogP contribution in [0, 0.1) is 6.92 Å². The van der Waals surface area contributed by atoms with Gasteiger partial charge in [0, 0.05) is 17.8 Å². The Hall–Kier alpha value is -2.29. The number of ether oxygens (including phenoxy) is 1. The Bertz CT molecular complexity index is 647. The number of benzene rings is 2. The van der Waals surface area contributed by atoms with Crippen LogP contribution in [0.5, 0.6) is 11.5 Å². The molecule has 0 aliphatic rings. The molecule has 0 atom stereocenters. The van der Waals surface area contributed by atoms with Gasteiger partial charge in [-0.2, -0.15) is 0 Å². The number of phenolic OH excluding ortho intramolecular Hbond substituents is 1. The van der Waals surface area contributed by atoms with Crippen molar-refractivity contribution in [1.29, 1.82) is 0 Å². The van der Waals surface area contributed by atoms with Crippen LogP contribution in [-0.4, -0.2) is 17.9 Å². The second kappa shape index (κ2) is 9.76. The topological polar surface area (TPSA) is 41.8 Å². The standard InChI is InChI=1S/C21H27NO2/c1-3-4-5-6-7-14-24-20-13-10-18(21(23)15-20)16-22-19-11-8-17(2)9-12-19/h8-13,15-16,23H,3-7,14H2,1-2H3. The van der Waals surface area contributed by atoms with Crippen LogP contribution in [0.15, 0.2) is 47.5 Å². The molecule has 0 radical (unpaired) electrons. The lowest BCUT2D eigenvalue weighted by Crippen LogP contribution is -1.97. The van der Waals surface area contributed by atoms with Crippen molar-refractivity contribution in [2.45, 2.75) is 46.0 Å². The fourth-order valence-electron chi connectivity index (χ4n) is 2.39. The lowest BCUT2D eigenvalue weighted by atomic mass is 10.2. The summed E-state index contributed by atoms with van der Waals surface area (Å²) in [7, 11) is 0. The zero-order valence-corrected chi connectivity index (χ0v) is 14.7. The highest BCUT2D eigenvalue weighted by Gasteiger charge is 2.02. The van der Waals surface area contributed by atoms with Gasteiger partial charge < -0.3 is 9.84 Å². The monoisotopic (exact) mass is 325 g/mol. The number of hydrogen-bond acceptors (Lipinski definition) is 3. The van der Waals surface area contributed by atoms with Gasteiger partial charge in [0.05, 0.1) is 12.3 Å². The minimum atomic E-state index is 0.189. The van der Waals surface area contributed by atoms with E-state index in [9.17, 15) is 5.11 Å². The summed E-state index contributed by atoms with van der Waals surface area (Å²) in [4.78, 5) is 4.39. The smallest absolute Gasteiger partial charge is 0.128 e. The maximum atomic E-state index is 10.1. The molecule has 0 bridgehead atoms. The van der Waals surface area contributed by atoms with Crippen LogP contribution in [0.1, 0.15) is 50.2 Å². The van der Waals surface area contributed by atoms with E-state index in [4.69, 9.17) is 4.74 Å². The lowest BCUT2D eigenvalue weighted by molar-refractivity contribution is 0.303. The molecule has 0 fully saturated rings. The van der Waals surface area contributed by atoms with Crippen LogP contribution in [0.25, 0.3) is 0 Å². The van der Waals surface area contributed by atoms with E-state index in [-0.39, 0.29) is 5.75 Å². The third kappa shape index (κ3) is 6.07. The van der Waals surface area contributed by atoms with Gasteiger partial charge in [0.15, 0.2) is 0 Å². The SMILES string of the molecule is CCCCCCCOc1ccc(C=Nc2ccc(C)cc2)c(O)c1. The van der Waals surface area contributed by atoms with Gasteiger partial charge in [0.25, 0.3) is 0 Å². The van der Waals surface area contributed by atoms with Gasteiger partial charge in [-0.15, -0.1) is 0 Å². The van der Waals surface area contributed by atoms with Gasteiger partial charge >= 0.3 is 0 Å². The average molecular weight is 325 g/mol. The first-order valence-corrected chi connectivity index (χ1v) is 8.75. The maximum absolute atomic E-state index is 10.1. The van der Waals surface area contributed by atoms with Gasteiger partial charge in [0.1, 0.15) is 11.5 Å². The van der Waals surface area contributed by atoms with Crippen LogP contribution < -0.4 is 4.74 Å². The van der Waals surface area contributed by atoms with Crippen molar-refractivity contribution in [2.24, 2.45) is 4.99 Å². The van der Waals surface area contributed by atoms with Crippen LogP contribution >= 0.6 is 0 Å². The Morgan fingerprint density at radius 1 is 1.00 bits per heavy atom. The number of aliphatic imine (C=N–C) groups is 1. The zero-order valence-electron chi connectivity index (χ0n) is 14.7. The largest absolute Gasteiger partial charge is 0.507 e. The highest BCUT2D eigenvalue weighted by molar-refractivity contribution is 5.85. The number of phenols is 1. The van der Waals surface area contributed by atoms with E-state index in [0.717, 1.165) is 12.1 Å². The second-order valence-corrected chi connectivity index (χ2v) is 6.08. The highest BCUT2D eigenvalue weighted by atomic mass is 16.5. The number of nitrogens with zero attached hydrogens (tertiary/aromatic N) is 1. The summed E-state index contributed by atoms with van der Waals surface area (Å²) in [5.74, 6) is 0.893. The predicted molar refractivity (Wildman–Crippen MR) is 101 cm³/mol. The van der Waals surface area contributed by atoms with E-state index in [1.807, 2.05) is 43.3 Å². The highest BCUT2D eigenvalue weighted by Crippen LogP contribution is 2.23. The molecule has 2 aromatic rings. The first-order valence-electron chi connectivity index (χ1n) is 8.75.